The highest BCUT2D eigenvalue weighted by Crippen LogP contribution is 2.17. The molecule has 0 radical (unpaired) electrons. The third kappa shape index (κ3) is 27.4. The fourth-order valence-electron chi connectivity index (χ4n) is 1.71. The number of nitrogens with two attached hydrogens (primary N) is 3. The summed E-state index contributed by atoms with van der Waals surface area (Å²) in [5, 5.41) is 0. The molecule has 0 unspecified atom stereocenters. The first-order valence-electron chi connectivity index (χ1n) is 11.4. The van der Waals surface area contributed by atoms with Gasteiger partial charge in [0.05, 0.1) is 0 Å². The predicted octanol–water partition coefficient (Wildman–Crippen LogP) is 7.88. The summed E-state index contributed by atoms with van der Waals surface area (Å²) in [7, 11) is 3.00. The van der Waals surface area contributed by atoms with Crippen LogP contribution in [0.1, 0.15) is 55.4 Å². The van der Waals surface area contributed by atoms with E-state index < -0.39 is 0 Å². The van der Waals surface area contributed by atoms with Gasteiger partial charge in [0.1, 0.15) is 0 Å². The molecule has 3 nitrogen and oxygen atoms in total. The summed E-state index contributed by atoms with van der Waals surface area (Å²) in [6.45, 7) is 16.0. The number of para-hydroxylation sites is 1. The molecule has 31 heavy (non-hydrogen) atoms. The number of hydrogen-bond acceptors (Lipinski definition) is 3. The third-order valence-electron chi connectivity index (χ3n) is 2.68. The van der Waals surface area contributed by atoms with Gasteiger partial charge in [0.2, 0.25) is 0 Å². The summed E-state index contributed by atoms with van der Waals surface area (Å²) >= 11 is 0. The molecule has 0 amide bonds. The van der Waals surface area contributed by atoms with Crippen LogP contribution in [0.4, 0.5) is 5.69 Å². The SMILES string of the molecule is CC.CC.CC.CC.CN.CN.Nc1ccccc1.c1ccc(-c2ccccc2)cc1. The number of benzene rings is 3. The van der Waals surface area contributed by atoms with Crippen LogP contribution in [0.2, 0.25) is 0 Å². The molecule has 3 heteroatoms. The molecule has 0 heterocycles. The maximum absolute atomic E-state index is 5.36. The average Bonchev–Trinajstić information content (AvgIpc) is 2.93. The first kappa shape index (κ1) is 38.9. The summed E-state index contributed by atoms with van der Waals surface area (Å²) in [5.41, 5.74) is 17.7. The second kappa shape index (κ2) is 41.7. The molecule has 3 aromatic rings. The Bertz CT molecular complexity index is 545. The molecule has 0 bridgehead atoms. The first-order chi connectivity index (χ1) is 15.4. The molecule has 0 saturated carbocycles. The van der Waals surface area contributed by atoms with Crippen LogP contribution >= 0.6 is 0 Å². The van der Waals surface area contributed by atoms with Crippen LogP contribution in [0, 0.1) is 0 Å². The Balaban J connectivity index is -0.000000103. The van der Waals surface area contributed by atoms with Crippen LogP contribution in [-0.4, -0.2) is 14.1 Å². The van der Waals surface area contributed by atoms with E-state index in [2.05, 4.69) is 60.0 Å². The van der Waals surface area contributed by atoms with Gasteiger partial charge in [-0.15, -0.1) is 0 Å². The molecule has 0 saturated heterocycles. The highest BCUT2D eigenvalue weighted by Gasteiger charge is 1.91. The Morgan fingerprint density at radius 2 is 0.548 bits per heavy atom. The van der Waals surface area contributed by atoms with Gasteiger partial charge in [-0.25, -0.2) is 0 Å². The molecule has 3 aromatic carbocycles. The summed E-state index contributed by atoms with van der Waals surface area (Å²) < 4.78 is 0. The monoisotopic (exact) mass is 429 g/mol. The summed E-state index contributed by atoms with van der Waals surface area (Å²) in [6, 6.07) is 30.3. The van der Waals surface area contributed by atoms with Crippen LogP contribution in [0.3, 0.4) is 0 Å². The normalized spacial score (nSPS) is 6.84. The van der Waals surface area contributed by atoms with Crippen molar-refractivity contribution in [1.82, 2.24) is 0 Å². The van der Waals surface area contributed by atoms with Crippen molar-refractivity contribution in [2.45, 2.75) is 55.4 Å². The number of nitrogen functional groups attached to an aromatic ring is 1. The molecule has 0 atom stereocenters. The topological polar surface area (TPSA) is 78.1 Å². The molecular formula is C28H51N3. The summed E-state index contributed by atoms with van der Waals surface area (Å²) in [5.74, 6) is 0. The molecule has 3 rings (SSSR count). The van der Waals surface area contributed by atoms with Gasteiger partial charge in [-0.1, -0.05) is 134 Å². The summed E-state index contributed by atoms with van der Waals surface area (Å²) in [6.07, 6.45) is 0. The molecular weight excluding hydrogens is 378 g/mol. The number of anilines is 1. The number of rotatable bonds is 1. The van der Waals surface area contributed by atoms with Gasteiger partial charge in [0.15, 0.2) is 0 Å². The van der Waals surface area contributed by atoms with Gasteiger partial charge in [-0.05, 0) is 37.4 Å². The average molecular weight is 430 g/mol. The van der Waals surface area contributed by atoms with Crippen molar-refractivity contribution in [1.29, 1.82) is 0 Å². The zero-order valence-electron chi connectivity index (χ0n) is 21.9. The first-order valence-corrected chi connectivity index (χ1v) is 11.4. The number of hydrogen-bond donors (Lipinski definition) is 3. The molecule has 0 aliphatic carbocycles. The van der Waals surface area contributed by atoms with Gasteiger partial charge in [0, 0.05) is 5.69 Å². The van der Waals surface area contributed by atoms with E-state index in [1.165, 1.54) is 25.2 Å². The predicted molar refractivity (Wildman–Crippen MR) is 148 cm³/mol. The minimum atomic E-state index is 0.822. The molecule has 178 valence electrons. The van der Waals surface area contributed by atoms with Gasteiger partial charge in [-0.3, -0.25) is 0 Å². The van der Waals surface area contributed by atoms with E-state index in [0.717, 1.165) is 5.69 Å². The van der Waals surface area contributed by atoms with Gasteiger partial charge in [0.25, 0.3) is 0 Å². The van der Waals surface area contributed by atoms with Crippen molar-refractivity contribution in [3.63, 3.8) is 0 Å². The molecule has 0 fully saturated rings. The Hall–Kier alpha value is -2.62. The van der Waals surface area contributed by atoms with E-state index in [9.17, 15) is 0 Å². The van der Waals surface area contributed by atoms with Crippen molar-refractivity contribution in [3.05, 3.63) is 91.0 Å². The van der Waals surface area contributed by atoms with Gasteiger partial charge >= 0.3 is 0 Å². The molecule has 0 aliphatic heterocycles. The maximum Gasteiger partial charge on any atom is 0.0313 e. The van der Waals surface area contributed by atoms with E-state index >= 15 is 0 Å². The van der Waals surface area contributed by atoms with Crippen LogP contribution in [0.25, 0.3) is 11.1 Å². The Labute approximate surface area is 194 Å². The Kier molecular flexibility index (Phi) is 52.3. The molecule has 0 aliphatic rings. The highest BCUT2D eigenvalue weighted by atomic mass is 14.5. The maximum atomic E-state index is 5.36. The molecule has 6 N–H and O–H groups in total. The second-order valence-electron chi connectivity index (χ2n) is 4.14. The van der Waals surface area contributed by atoms with Crippen molar-refractivity contribution >= 4 is 5.69 Å². The third-order valence-corrected chi connectivity index (χ3v) is 2.68. The van der Waals surface area contributed by atoms with E-state index in [1.54, 1.807) is 0 Å². The van der Waals surface area contributed by atoms with Crippen molar-refractivity contribution in [2.75, 3.05) is 19.8 Å². The second-order valence-corrected chi connectivity index (χ2v) is 4.14. The zero-order chi connectivity index (χ0) is 25.3. The fourth-order valence-corrected chi connectivity index (χ4v) is 1.71. The van der Waals surface area contributed by atoms with Crippen LogP contribution in [0.15, 0.2) is 91.0 Å². The van der Waals surface area contributed by atoms with Crippen LogP contribution in [0.5, 0.6) is 0 Å². The van der Waals surface area contributed by atoms with Crippen LogP contribution < -0.4 is 17.2 Å². The molecule has 0 aromatic heterocycles. The van der Waals surface area contributed by atoms with E-state index in [4.69, 9.17) is 5.73 Å². The van der Waals surface area contributed by atoms with E-state index in [-0.39, 0.29) is 0 Å². The standard InChI is InChI=1S/C12H10.C6H7N.4C2H6.2CH5N/c1-3-7-11(8-4-1)12-9-5-2-6-10-12;7-6-4-2-1-3-5-6;6*1-2/h1-10H;1-5H,7H2;4*1-2H3;2*2H2,1H3. The minimum absolute atomic E-state index is 0.822. The zero-order valence-corrected chi connectivity index (χ0v) is 21.9. The quantitative estimate of drug-likeness (QED) is 0.344. The van der Waals surface area contributed by atoms with Crippen LogP contribution in [-0.2, 0) is 0 Å². The Morgan fingerprint density at radius 3 is 0.710 bits per heavy atom. The lowest BCUT2D eigenvalue weighted by Crippen LogP contribution is -1.79. The largest absolute Gasteiger partial charge is 0.399 e. The molecule has 0 spiro atoms. The fraction of sp³-hybridized carbons (Fsp3) is 0.357. The van der Waals surface area contributed by atoms with E-state index in [1.807, 2.05) is 97.9 Å². The highest BCUT2D eigenvalue weighted by molar-refractivity contribution is 5.62. The van der Waals surface area contributed by atoms with E-state index in [0.29, 0.717) is 0 Å². The van der Waals surface area contributed by atoms with Crippen molar-refractivity contribution in [2.24, 2.45) is 11.5 Å². The van der Waals surface area contributed by atoms with Crippen molar-refractivity contribution in [3.8, 4) is 11.1 Å². The minimum Gasteiger partial charge on any atom is -0.399 e. The van der Waals surface area contributed by atoms with Gasteiger partial charge < -0.3 is 17.2 Å². The lowest BCUT2D eigenvalue weighted by Gasteiger charge is -1.98. The smallest absolute Gasteiger partial charge is 0.0313 e. The van der Waals surface area contributed by atoms with Crippen molar-refractivity contribution < 1.29 is 0 Å². The lowest BCUT2D eigenvalue weighted by atomic mass is 10.1. The summed E-state index contributed by atoms with van der Waals surface area (Å²) in [4.78, 5) is 0. The Morgan fingerprint density at radius 1 is 0.355 bits per heavy atom. The van der Waals surface area contributed by atoms with Gasteiger partial charge in [-0.2, -0.15) is 0 Å². The lowest BCUT2D eigenvalue weighted by molar-refractivity contribution is 1.48.